The SMILES string of the molecule is CCC(CC)c1cc(CNC(=NC)NCC(C)(C)N2CC(C)OC(C)C2)on1.I. The van der Waals surface area contributed by atoms with E-state index in [1.54, 1.807) is 7.05 Å². The number of morpholine rings is 1. The average Bonchev–Trinajstić information content (AvgIpc) is 3.11. The number of aliphatic imine (C=N–C) groups is 1. The first-order chi connectivity index (χ1) is 13.3. The van der Waals surface area contributed by atoms with Crippen LogP contribution in [0.3, 0.4) is 0 Å². The fourth-order valence-electron chi connectivity index (χ4n) is 3.79. The molecule has 1 fully saturated rings. The number of hydrogen-bond donors (Lipinski definition) is 2. The molecule has 0 radical (unpaired) electrons. The van der Waals surface area contributed by atoms with Crippen LogP contribution in [0.2, 0.25) is 0 Å². The molecule has 0 aromatic carbocycles. The van der Waals surface area contributed by atoms with E-state index < -0.39 is 0 Å². The highest BCUT2D eigenvalue weighted by Crippen LogP contribution is 2.22. The van der Waals surface area contributed by atoms with E-state index in [-0.39, 0.29) is 41.7 Å². The summed E-state index contributed by atoms with van der Waals surface area (Å²) < 4.78 is 11.4. The first kappa shape index (κ1) is 26.2. The van der Waals surface area contributed by atoms with Crippen molar-refractivity contribution in [3.63, 3.8) is 0 Å². The zero-order valence-corrected chi connectivity index (χ0v) is 21.4. The lowest BCUT2D eigenvalue weighted by atomic mass is 9.99. The van der Waals surface area contributed by atoms with Gasteiger partial charge in [0.1, 0.15) is 0 Å². The molecule has 1 aromatic rings. The van der Waals surface area contributed by atoms with Crippen LogP contribution >= 0.6 is 24.0 Å². The second kappa shape index (κ2) is 12.1. The quantitative estimate of drug-likeness (QED) is 0.309. The summed E-state index contributed by atoms with van der Waals surface area (Å²) in [6.07, 6.45) is 2.67. The summed E-state index contributed by atoms with van der Waals surface area (Å²) >= 11 is 0. The minimum Gasteiger partial charge on any atom is -0.373 e. The van der Waals surface area contributed by atoms with Crippen molar-refractivity contribution in [1.82, 2.24) is 20.7 Å². The summed E-state index contributed by atoms with van der Waals surface area (Å²) in [5, 5.41) is 11.0. The molecule has 0 saturated carbocycles. The molecule has 1 aliphatic rings. The molecule has 7 nitrogen and oxygen atoms in total. The summed E-state index contributed by atoms with van der Waals surface area (Å²) in [5.74, 6) is 2.07. The van der Waals surface area contributed by atoms with Crippen LogP contribution < -0.4 is 10.6 Å². The van der Waals surface area contributed by atoms with E-state index in [0.29, 0.717) is 12.5 Å². The van der Waals surface area contributed by atoms with Crippen molar-refractivity contribution in [2.75, 3.05) is 26.7 Å². The minimum atomic E-state index is -0.00119. The van der Waals surface area contributed by atoms with Crippen LogP contribution in [0.1, 0.15) is 71.8 Å². The van der Waals surface area contributed by atoms with Crippen LogP contribution in [0.25, 0.3) is 0 Å². The highest BCUT2D eigenvalue weighted by Gasteiger charge is 2.33. The normalized spacial score (nSPS) is 21.2. The van der Waals surface area contributed by atoms with Crippen molar-refractivity contribution in [2.24, 2.45) is 4.99 Å². The molecule has 168 valence electrons. The average molecular weight is 521 g/mol. The van der Waals surface area contributed by atoms with Gasteiger partial charge < -0.3 is 19.9 Å². The second-order valence-electron chi connectivity index (χ2n) is 8.49. The molecule has 0 spiro atoms. The summed E-state index contributed by atoms with van der Waals surface area (Å²) in [5.41, 5.74) is 1.04. The Kier molecular flexibility index (Phi) is 10.9. The van der Waals surface area contributed by atoms with Gasteiger partial charge >= 0.3 is 0 Å². The van der Waals surface area contributed by atoms with E-state index in [9.17, 15) is 0 Å². The Morgan fingerprint density at radius 3 is 2.41 bits per heavy atom. The lowest BCUT2D eigenvalue weighted by Gasteiger charge is -2.45. The van der Waals surface area contributed by atoms with Gasteiger partial charge in [0.15, 0.2) is 11.7 Å². The number of nitrogens with zero attached hydrogens (tertiary/aromatic N) is 3. The summed E-state index contributed by atoms with van der Waals surface area (Å²) in [7, 11) is 1.79. The van der Waals surface area contributed by atoms with Crippen LogP contribution in [-0.4, -0.2) is 60.4 Å². The number of rotatable bonds is 8. The standard InChI is InChI=1S/C21H39N5O2.HI/c1-8-17(9-2)19-10-18(28-25-19)11-23-20(22-7)24-14-21(5,6)26-12-15(3)27-16(4)13-26;/h10,15-17H,8-9,11-14H2,1-7H3,(H2,22,23,24);1H. The largest absolute Gasteiger partial charge is 0.373 e. The van der Waals surface area contributed by atoms with Crippen LogP contribution in [0.15, 0.2) is 15.6 Å². The number of hydrogen-bond acceptors (Lipinski definition) is 5. The Balaban J connectivity index is 0.00000420. The lowest BCUT2D eigenvalue weighted by molar-refractivity contribution is -0.0946. The van der Waals surface area contributed by atoms with Crippen LogP contribution in [-0.2, 0) is 11.3 Å². The van der Waals surface area contributed by atoms with Crippen molar-refractivity contribution in [2.45, 2.75) is 84.6 Å². The molecular weight excluding hydrogens is 481 g/mol. The van der Waals surface area contributed by atoms with E-state index in [0.717, 1.165) is 49.9 Å². The van der Waals surface area contributed by atoms with Crippen molar-refractivity contribution >= 4 is 29.9 Å². The molecule has 29 heavy (non-hydrogen) atoms. The van der Waals surface area contributed by atoms with Gasteiger partial charge in [-0.05, 0) is 40.5 Å². The molecule has 2 rings (SSSR count). The summed E-state index contributed by atoms with van der Waals surface area (Å²) in [6.45, 7) is 16.4. The third-order valence-corrected chi connectivity index (χ3v) is 5.60. The number of nitrogens with one attached hydrogen (secondary N) is 2. The van der Waals surface area contributed by atoms with Gasteiger partial charge in [-0.25, -0.2) is 0 Å². The van der Waals surface area contributed by atoms with Gasteiger partial charge in [-0.2, -0.15) is 0 Å². The first-order valence-corrected chi connectivity index (χ1v) is 10.6. The van der Waals surface area contributed by atoms with Crippen molar-refractivity contribution < 1.29 is 9.26 Å². The number of aromatic nitrogens is 1. The Hall–Kier alpha value is -0.870. The number of ether oxygens (including phenoxy) is 1. The van der Waals surface area contributed by atoms with Crippen molar-refractivity contribution in [1.29, 1.82) is 0 Å². The van der Waals surface area contributed by atoms with Crippen LogP contribution in [0.4, 0.5) is 0 Å². The maximum absolute atomic E-state index is 5.87. The molecule has 1 aliphatic heterocycles. The van der Waals surface area contributed by atoms with Gasteiger partial charge in [-0.1, -0.05) is 19.0 Å². The second-order valence-corrected chi connectivity index (χ2v) is 8.49. The van der Waals surface area contributed by atoms with E-state index in [2.05, 4.69) is 73.3 Å². The molecule has 0 amide bonds. The van der Waals surface area contributed by atoms with Gasteiger partial charge in [0.2, 0.25) is 0 Å². The minimum absolute atomic E-state index is 0. The number of halogens is 1. The highest BCUT2D eigenvalue weighted by atomic mass is 127. The summed E-state index contributed by atoms with van der Waals surface area (Å²) in [4.78, 5) is 6.84. The molecule has 2 N–H and O–H groups in total. The van der Waals surface area contributed by atoms with Crippen molar-refractivity contribution in [3.05, 3.63) is 17.5 Å². The van der Waals surface area contributed by atoms with Gasteiger partial charge in [0, 0.05) is 44.2 Å². The first-order valence-electron chi connectivity index (χ1n) is 10.6. The fraction of sp³-hybridized carbons (Fsp3) is 0.810. The van der Waals surface area contributed by atoms with Crippen LogP contribution in [0, 0.1) is 0 Å². The molecular formula is C21H40IN5O2. The Labute approximate surface area is 193 Å². The zero-order valence-electron chi connectivity index (χ0n) is 19.1. The fourth-order valence-corrected chi connectivity index (χ4v) is 3.79. The van der Waals surface area contributed by atoms with Gasteiger partial charge in [-0.3, -0.25) is 9.89 Å². The molecule has 2 unspecified atom stereocenters. The molecule has 0 aliphatic carbocycles. The third kappa shape index (κ3) is 7.71. The maximum atomic E-state index is 5.87. The van der Waals surface area contributed by atoms with Gasteiger partial charge in [-0.15, -0.1) is 24.0 Å². The van der Waals surface area contributed by atoms with Gasteiger partial charge in [0.25, 0.3) is 0 Å². The molecule has 1 saturated heterocycles. The topological polar surface area (TPSA) is 74.9 Å². The zero-order chi connectivity index (χ0) is 20.7. The molecule has 0 bridgehead atoms. The number of guanidine groups is 1. The predicted molar refractivity (Wildman–Crippen MR) is 129 cm³/mol. The predicted octanol–water partition coefficient (Wildman–Crippen LogP) is 3.75. The van der Waals surface area contributed by atoms with Crippen molar-refractivity contribution in [3.8, 4) is 0 Å². The van der Waals surface area contributed by atoms with E-state index >= 15 is 0 Å². The van der Waals surface area contributed by atoms with E-state index in [4.69, 9.17) is 9.26 Å². The monoisotopic (exact) mass is 521 g/mol. The maximum Gasteiger partial charge on any atom is 0.191 e. The van der Waals surface area contributed by atoms with E-state index in [1.807, 2.05) is 0 Å². The summed E-state index contributed by atoms with van der Waals surface area (Å²) in [6, 6.07) is 2.05. The molecule has 8 heteroatoms. The third-order valence-electron chi connectivity index (χ3n) is 5.60. The molecule has 2 atom stereocenters. The Morgan fingerprint density at radius 2 is 1.86 bits per heavy atom. The van der Waals surface area contributed by atoms with Crippen LogP contribution in [0.5, 0.6) is 0 Å². The van der Waals surface area contributed by atoms with Gasteiger partial charge in [0.05, 0.1) is 24.4 Å². The van der Waals surface area contributed by atoms with E-state index in [1.165, 1.54) is 0 Å². The smallest absolute Gasteiger partial charge is 0.191 e. The molecule has 2 heterocycles. The lowest BCUT2D eigenvalue weighted by Crippen LogP contribution is -2.59. The molecule has 1 aromatic heterocycles. The highest BCUT2D eigenvalue weighted by molar-refractivity contribution is 14.0. The Bertz CT molecular complexity index is 620. The Morgan fingerprint density at radius 1 is 1.24 bits per heavy atom.